The van der Waals surface area contributed by atoms with Crippen molar-refractivity contribution in [2.24, 2.45) is 7.05 Å². The predicted octanol–water partition coefficient (Wildman–Crippen LogP) is 3.23. The average molecular weight is 386 g/mol. The zero-order valence-electron chi connectivity index (χ0n) is 17.3. The van der Waals surface area contributed by atoms with E-state index in [1.54, 1.807) is 13.3 Å². The third kappa shape index (κ3) is 3.51. The smallest absolute Gasteiger partial charge is 0.161 e. The number of imidazole rings is 1. The van der Waals surface area contributed by atoms with Gasteiger partial charge in [-0.05, 0) is 57.2 Å². The number of fused-ring (bicyclic) bond motifs is 2. The Kier molecular flexibility index (Phi) is 5.10. The Balaban J connectivity index is 1.51. The lowest BCUT2D eigenvalue weighted by Crippen LogP contribution is -2.50. The van der Waals surface area contributed by atoms with Crippen molar-refractivity contribution in [3.05, 3.63) is 42.0 Å². The summed E-state index contributed by atoms with van der Waals surface area (Å²) in [5, 5.41) is 11.3. The van der Waals surface area contributed by atoms with Crippen molar-refractivity contribution in [2.75, 3.05) is 7.11 Å². The highest BCUT2D eigenvalue weighted by molar-refractivity contribution is 5.43. The summed E-state index contributed by atoms with van der Waals surface area (Å²) in [6.45, 7) is 4.90. The van der Waals surface area contributed by atoms with E-state index in [4.69, 9.17) is 9.47 Å². The molecule has 1 aromatic carbocycles. The summed E-state index contributed by atoms with van der Waals surface area (Å²) in [6, 6.07) is 6.95. The van der Waals surface area contributed by atoms with Crippen molar-refractivity contribution >= 4 is 0 Å². The number of ether oxygens (including phenoxy) is 2. The van der Waals surface area contributed by atoms with Gasteiger partial charge in [0, 0.05) is 38.1 Å². The number of nitrogens with zero attached hydrogens (tertiary/aromatic N) is 3. The Hall–Kier alpha value is -2.05. The van der Waals surface area contributed by atoms with E-state index in [-0.39, 0.29) is 6.10 Å². The number of methoxy groups -OCH3 is 1. The fourth-order valence-corrected chi connectivity index (χ4v) is 4.94. The molecule has 28 heavy (non-hydrogen) atoms. The molecule has 6 heteroatoms. The highest BCUT2D eigenvalue weighted by Gasteiger charge is 2.49. The minimum atomic E-state index is -0.826. The second-order valence-corrected chi connectivity index (χ2v) is 8.51. The maximum atomic E-state index is 11.3. The first-order valence-electron chi connectivity index (χ1n) is 10.2. The van der Waals surface area contributed by atoms with Gasteiger partial charge in [0.05, 0.1) is 13.2 Å². The van der Waals surface area contributed by atoms with Crippen LogP contribution >= 0.6 is 0 Å². The van der Waals surface area contributed by atoms with Gasteiger partial charge in [-0.25, -0.2) is 4.98 Å². The molecule has 0 radical (unpaired) electrons. The molecule has 0 amide bonds. The molecule has 6 nitrogen and oxygen atoms in total. The standard InChI is InChI=1S/C22H31N3O3/c1-15(2)28-19-8-5-16(11-20(19)27-4)14-25-17-6-7-18(25)13-22(26,12-17)21-23-9-10-24(21)3/h5,8-11,15,17-18,26H,6-7,12-14H2,1-4H3. The van der Waals surface area contributed by atoms with Crippen LogP contribution in [0.1, 0.15) is 50.9 Å². The van der Waals surface area contributed by atoms with Gasteiger partial charge in [-0.2, -0.15) is 0 Å². The quantitative estimate of drug-likeness (QED) is 0.827. The van der Waals surface area contributed by atoms with Crippen molar-refractivity contribution in [2.45, 2.75) is 69.9 Å². The van der Waals surface area contributed by atoms with E-state index in [1.807, 2.05) is 37.7 Å². The summed E-state index contributed by atoms with van der Waals surface area (Å²) in [5.41, 5.74) is 0.389. The number of benzene rings is 1. The molecule has 1 N–H and O–H groups in total. The predicted molar refractivity (Wildman–Crippen MR) is 107 cm³/mol. The van der Waals surface area contributed by atoms with Crippen molar-refractivity contribution in [3.63, 3.8) is 0 Å². The van der Waals surface area contributed by atoms with E-state index in [0.717, 1.165) is 49.6 Å². The molecule has 2 bridgehead atoms. The fraction of sp³-hybridized carbons (Fsp3) is 0.591. The summed E-state index contributed by atoms with van der Waals surface area (Å²) in [6.07, 6.45) is 7.52. The molecule has 0 saturated carbocycles. The molecule has 3 heterocycles. The van der Waals surface area contributed by atoms with Crippen LogP contribution in [0.5, 0.6) is 11.5 Å². The van der Waals surface area contributed by atoms with Crippen LogP contribution in [0.3, 0.4) is 0 Å². The molecule has 0 aliphatic carbocycles. The minimum Gasteiger partial charge on any atom is -0.493 e. The van der Waals surface area contributed by atoms with Gasteiger partial charge in [0.25, 0.3) is 0 Å². The molecule has 4 rings (SSSR count). The van der Waals surface area contributed by atoms with Crippen LogP contribution < -0.4 is 9.47 Å². The van der Waals surface area contributed by atoms with Gasteiger partial charge in [-0.1, -0.05) is 6.07 Å². The van der Waals surface area contributed by atoms with Crippen LogP contribution in [0.15, 0.2) is 30.6 Å². The molecule has 2 saturated heterocycles. The first-order valence-corrected chi connectivity index (χ1v) is 10.2. The molecule has 2 unspecified atom stereocenters. The zero-order chi connectivity index (χ0) is 19.9. The lowest BCUT2D eigenvalue weighted by atomic mass is 9.85. The number of aryl methyl sites for hydroxylation is 1. The van der Waals surface area contributed by atoms with Gasteiger partial charge < -0.3 is 19.1 Å². The highest BCUT2D eigenvalue weighted by atomic mass is 16.5. The molecule has 1 aromatic heterocycles. The Morgan fingerprint density at radius 2 is 1.93 bits per heavy atom. The third-order valence-electron chi connectivity index (χ3n) is 6.11. The summed E-state index contributed by atoms with van der Waals surface area (Å²) < 4.78 is 13.3. The van der Waals surface area contributed by atoms with Gasteiger partial charge in [0.15, 0.2) is 11.5 Å². The monoisotopic (exact) mass is 385 g/mol. The summed E-state index contributed by atoms with van der Waals surface area (Å²) in [7, 11) is 3.64. The van der Waals surface area contributed by atoms with Gasteiger partial charge in [-0.3, -0.25) is 4.90 Å². The lowest BCUT2D eigenvalue weighted by Gasteiger charge is -2.43. The SMILES string of the molecule is COc1cc(CN2C3CCC2CC(O)(c2nccn2C)C3)ccc1OC(C)C. The summed E-state index contributed by atoms with van der Waals surface area (Å²) in [5.74, 6) is 2.35. The van der Waals surface area contributed by atoms with Crippen LogP contribution in [0, 0.1) is 0 Å². The maximum absolute atomic E-state index is 11.3. The molecule has 0 spiro atoms. The number of aliphatic hydroxyl groups is 1. The Morgan fingerprint density at radius 3 is 2.50 bits per heavy atom. The first kappa shape index (κ1) is 19.3. The lowest BCUT2D eigenvalue weighted by molar-refractivity contribution is -0.0669. The van der Waals surface area contributed by atoms with Crippen LogP contribution in [-0.4, -0.2) is 44.9 Å². The fourth-order valence-electron chi connectivity index (χ4n) is 4.94. The Morgan fingerprint density at radius 1 is 1.21 bits per heavy atom. The van der Waals surface area contributed by atoms with E-state index in [2.05, 4.69) is 22.0 Å². The topological polar surface area (TPSA) is 59.8 Å². The Labute approximate surface area is 167 Å². The molecule has 2 aliphatic heterocycles. The number of aromatic nitrogens is 2. The summed E-state index contributed by atoms with van der Waals surface area (Å²) in [4.78, 5) is 6.99. The van der Waals surface area contributed by atoms with Gasteiger partial charge in [-0.15, -0.1) is 0 Å². The molecule has 2 aliphatic rings. The zero-order valence-corrected chi connectivity index (χ0v) is 17.3. The van der Waals surface area contributed by atoms with Crippen molar-refractivity contribution in [1.82, 2.24) is 14.5 Å². The largest absolute Gasteiger partial charge is 0.493 e. The van der Waals surface area contributed by atoms with Gasteiger partial charge in [0.1, 0.15) is 11.4 Å². The molecule has 2 atom stereocenters. The van der Waals surface area contributed by atoms with Crippen LogP contribution in [0.25, 0.3) is 0 Å². The molecule has 2 fully saturated rings. The van der Waals surface area contributed by atoms with E-state index in [1.165, 1.54) is 5.56 Å². The normalized spacial score (nSPS) is 27.4. The molecule has 2 aromatic rings. The van der Waals surface area contributed by atoms with Crippen molar-refractivity contribution in [3.8, 4) is 11.5 Å². The average Bonchev–Trinajstić information content (AvgIpc) is 3.18. The van der Waals surface area contributed by atoms with Crippen LogP contribution in [0.4, 0.5) is 0 Å². The minimum absolute atomic E-state index is 0.112. The maximum Gasteiger partial charge on any atom is 0.161 e. The van der Waals surface area contributed by atoms with E-state index in [0.29, 0.717) is 12.1 Å². The van der Waals surface area contributed by atoms with Crippen molar-refractivity contribution in [1.29, 1.82) is 0 Å². The molecular formula is C22H31N3O3. The van der Waals surface area contributed by atoms with Crippen LogP contribution in [0.2, 0.25) is 0 Å². The van der Waals surface area contributed by atoms with E-state index >= 15 is 0 Å². The van der Waals surface area contributed by atoms with E-state index < -0.39 is 5.60 Å². The second-order valence-electron chi connectivity index (χ2n) is 8.51. The Bertz CT molecular complexity index is 818. The summed E-state index contributed by atoms with van der Waals surface area (Å²) >= 11 is 0. The second kappa shape index (κ2) is 7.41. The molecular weight excluding hydrogens is 354 g/mol. The van der Waals surface area contributed by atoms with Crippen molar-refractivity contribution < 1.29 is 14.6 Å². The number of rotatable bonds is 6. The highest BCUT2D eigenvalue weighted by Crippen LogP contribution is 2.46. The third-order valence-corrected chi connectivity index (χ3v) is 6.11. The first-order chi connectivity index (χ1) is 13.4. The van der Waals surface area contributed by atoms with Gasteiger partial charge >= 0.3 is 0 Å². The number of piperidine rings is 1. The molecule has 152 valence electrons. The van der Waals surface area contributed by atoms with Crippen LogP contribution in [-0.2, 0) is 19.2 Å². The van der Waals surface area contributed by atoms with Gasteiger partial charge in [0.2, 0.25) is 0 Å². The number of hydrogen-bond acceptors (Lipinski definition) is 5. The van der Waals surface area contributed by atoms with E-state index in [9.17, 15) is 5.11 Å². The number of hydrogen-bond donors (Lipinski definition) is 1.